The van der Waals surface area contributed by atoms with Gasteiger partial charge in [-0.3, -0.25) is 10.1 Å². The zero-order valence-corrected chi connectivity index (χ0v) is 16.7. The van der Waals surface area contributed by atoms with Gasteiger partial charge in [0.1, 0.15) is 5.75 Å². The van der Waals surface area contributed by atoms with Gasteiger partial charge in [-0.1, -0.05) is 12.1 Å². The van der Waals surface area contributed by atoms with Gasteiger partial charge in [-0.2, -0.15) is 0 Å². The number of hydrogen-bond donors (Lipinski definition) is 2. The smallest absolute Gasteiger partial charge is 0.250 e. The molecular weight excluding hydrogens is 358 g/mol. The Kier molecular flexibility index (Phi) is 7.82. The molecule has 2 N–H and O–H groups in total. The van der Waals surface area contributed by atoms with Crippen LogP contribution in [0.4, 0.5) is 11.4 Å². The van der Waals surface area contributed by atoms with Crippen molar-refractivity contribution in [3.05, 3.63) is 60.2 Å². The Morgan fingerprint density at radius 3 is 2.26 bits per heavy atom. The normalized spacial score (nSPS) is 10.5. The molecule has 27 heavy (non-hydrogen) atoms. The molecule has 142 valence electrons. The first kappa shape index (κ1) is 20.5. The number of rotatable bonds is 7. The van der Waals surface area contributed by atoms with Gasteiger partial charge in [-0.15, -0.1) is 0 Å². The Bertz CT molecular complexity index is 782. The van der Waals surface area contributed by atoms with Gasteiger partial charge in [0.05, 0.1) is 7.11 Å². The maximum absolute atomic E-state index is 12.0. The minimum atomic E-state index is -0.289. The van der Waals surface area contributed by atoms with E-state index in [1.807, 2.05) is 48.5 Å². The van der Waals surface area contributed by atoms with E-state index in [9.17, 15) is 4.79 Å². The number of amides is 1. The van der Waals surface area contributed by atoms with E-state index in [-0.39, 0.29) is 11.0 Å². The first-order valence-corrected chi connectivity index (χ1v) is 9.25. The molecule has 0 radical (unpaired) electrons. The number of carbonyl (C=O) groups excluding carboxylic acids is 1. The van der Waals surface area contributed by atoms with E-state index < -0.39 is 0 Å². The number of methoxy groups -OCH3 is 1. The third kappa shape index (κ3) is 6.42. The van der Waals surface area contributed by atoms with Crippen LogP contribution in [-0.2, 0) is 4.79 Å². The molecular formula is C21H25N3O2S. The Hall–Kier alpha value is -2.86. The van der Waals surface area contributed by atoms with Crippen molar-refractivity contribution in [2.75, 3.05) is 30.4 Å². The van der Waals surface area contributed by atoms with Crippen molar-refractivity contribution in [3.8, 4) is 5.75 Å². The molecule has 0 aromatic heterocycles. The van der Waals surface area contributed by atoms with E-state index in [1.54, 1.807) is 13.2 Å². The lowest BCUT2D eigenvalue weighted by Gasteiger charge is -2.21. The molecule has 2 aromatic rings. The Balaban J connectivity index is 1.87. The van der Waals surface area contributed by atoms with Crippen LogP contribution < -0.4 is 20.3 Å². The van der Waals surface area contributed by atoms with Crippen LogP contribution in [0.15, 0.2) is 54.6 Å². The Morgan fingerprint density at radius 1 is 1.07 bits per heavy atom. The maximum Gasteiger partial charge on any atom is 0.250 e. The molecule has 5 nitrogen and oxygen atoms in total. The second kappa shape index (κ2) is 10.3. The van der Waals surface area contributed by atoms with Crippen LogP contribution in [0.1, 0.15) is 19.4 Å². The molecule has 0 aliphatic heterocycles. The molecule has 0 saturated carbocycles. The van der Waals surface area contributed by atoms with Crippen molar-refractivity contribution in [2.24, 2.45) is 0 Å². The Labute approximate surface area is 166 Å². The molecule has 0 heterocycles. The SMILES string of the molecule is CCN(CC)c1ccc(NC(=S)NC(=O)C=Cc2ccc(OC)cc2)cc1. The first-order chi connectivity index (χ1) is 13.0. The van der Waals surface area contributed by atoms with Crippen molar-refractivity contribution in [1.82, 2.24) is 5.32 Å². The van der Waals surface area contributed by atoms with Crippen LogP contribution in [0.3, 0.4) is 0 Å². The molecule has 0 unspecified atom stereocenters. The summed E-state index contributed by atoms with van der Waals surface area (Å²) in [5, 5.41) is 5.92. The monoisotopic (exact) mass is 383 g/mol. The van der Waals surface area contributed by atoms with E-state index in [1.165, 1.54) is 6.08 Å². The van der Waals surface area contributed by atoms with Crippen molar-refractivity contribution in [1.29, 1.82) is 0 Å². The highest BCUT2D eigenvalue weighted by Crippen LogP contribution is 2.17. The summed E-state index contributed by atoms with van der Waals surface area (Å²) in [5.41, 5.74) is 2.88. The average Bonchev–Trinajstić information content (AvgIpc) is 2.69. The quantitative estimate of drug-likeness (QED) is 0.558. The molecule has 0 spiro atoms. The van der Waals surface area contributed by atoms with Crippen LogP contribution in [0, 0.1) is 0 Å². The lowest BCUT2D eigenvalue weighted by Crippen LogP contribution is -2.32. The van der Waals surface area contributed by atoms with Gasteiger partial charge in [-0.25, -0.2) is 0 Å². The van der Waals surface area contributed by atoms with Gasteiger partial charge in [0, 0.05) is 30.5 Å². The number of hydrogen-bond acceptors (Lipinski definition) is 4. The van der Waals surface area contributed by atoms with Gasteiger partial charge in [-0.05, 0) is 74.1 Å². The van der Waals surface area contributed by atoms with Crippen molar-refractivity contribution >= 4 is 40.7 Å². The van der Waals surface area contributed by atoms with Crippen molar-refractivity contribution < 1.29 is 9.53 Å². The summed E-state index contributed by atoms with van der Waals surface area (Å²) in [7, 11) is 1.61. The maximum atomic E-state index is 12.0. The van der Waals surface area contributed by atoms with Gasteiger partial charge in [0.15, 0.2) is 5.11 Å². The highest BCUT2D eigenvalue weighted by Gasteiger charge is 2.04. The van der Waals surface area contributed by atoms with Gasteiger partial charge < -0.3 is 15.0 Å². The summed E-state index contributed by atoms with van der Waals surface area (Å²) in [5.74, 6) is 0.483. The number of benzene rings is 2. The Morgan fingerprint density at radius 2 is 1.70 bits per heavy atom. The molecule has 2 aromatic carbocycles. The molecule has 0 aliphatic carbocycles. The summed E-state index contributed by atoms with van der Waals surface area (Å²) in [6.07, 6.45) is 3.16. The molecule has 6 heteroatoms. The van der Waals surface area contributed by atoms with Crippen LogP contribution in [0.2, 0.25) is 0 Å². The van der Waals surface area contributed by atoms with E-state index in [2.05, 4.69) is 29.4 Å². The fraction of sp³-hybridized carbons (Fsp3) is 0.238. The van der Waals surface area contributed by atoms with Crippen LogP contribution in [-0.4, -0.2) is 31.2 Å². The molecule has 0 aliphatic rings. The van der Waals surface area contributed by atoms with Crippen LogP contribution in [0.5, 0.6) is 5.75 Å². The zero-order chi connectivity index (χ0) is 19.6. The fourth-order valence-electron chi connectivity index (χ4n) is 2.55. The minimum absolute atomic E-state index is 0.259. The van der Waals surface area contributed by atoms with E-state index in [0.29, 0.717) is 0 Å². The zero-order valence-electron chi connectivity index (χ0n) is 15.9. The summed E-state index contributed by atoms with van der Waals surface area (Å²) in [6.45, 7) is 6.16. The van der Waals surface area contributed by atoms with Crippen molar-refractivity contribution in [2.45, 2.75) is 13.8 Å². The molecule has 1 amide bonds. The fourth-order valence-corrected chi connectivity index (χ4v) is 2.77. The predicted octanol–water partition coefficient (Wildman–Crippen LogP) is 4.07. The molecule has 0 saturated heterocycles. The summed E-state index contributed by atoms with van der Waals surface area (Å²) < 4.78 is 5.11. The third-order valence-corrected chi connectivity index (χ3v) is 4.24. The molecule has 0 bridgehead atoms. The average molecular weight is 384 g/mol. The highest BCUT2D eigenvalue weighted by molar-refractivity contribution is 7.80. The van der Waals surface area contributed by atoms with E-state index in [0.717, 1.165) is 35.8 Å². The number of thiocarbonyl (C=S) groups is 1. The van der Waals surface area contributed by atoms with Gasteiger partial charge in [0.25, 0.3) is 0 Å². The molecule has 2 rings (SSSR count). The predicted molar refractivity (Wildman–Crippen MR) is 116 cm³/mol. The number of carbonyl (C=O) groups is 1. The third-order valence-electron chi connectivity index (χ3n) is 4.03. The molecule has 0 fully saturated rings. The second-order valence-electron chi connectivity index (χ2n) is 5.77. The minimum Gasteiger partial charge on any atom is -0.497 e. The topological polar surface area (TPSA) is 53.6 Å². The number of anilines is 2. The molecule has 0 atom stereocenters. The summed E-state index contributed by atoms with van der Waals surface area (Å²) in [4.78, 5) is 14.3. The van der Waals surface area contributed by atoms with Crippen LogP contribution in [0.25, 0.3) is 6.08 Å². The van der Waals surface area contributed by atoms with E-state index >= 15 is 0 Å². The summed E-state index contributed by atoms with van der Waals surface area (Å²) in [6, 6.07) is 15.4. The number of nitrogens with one attached hydrogen (secondary N) is 2. The number of nitrogens with zero attached hydrogens (tertiary/aromatic N) is 1. The standard InChI is InChI=1S/C21H25N3O2S/c1-4-24(5-2)18-11-9-17(10-12-18)22-21(27)23-20(25)15-8-16-6-13-19(26-3)14-7-16/h6-15H,4-5H2,1-3H3,(H2,22,23,25,27). The largest absolute Gasteiger partial charge is 0.497 e. The van der Waals surface area contributed by atoms with Gasteiger partial charge >= 0.3 is 0 Å². The van der Waals surface area contributed by atoms with Crippen LogP contribution >= 0.6 is 12.2 Å². The van der Waals surface area contributed by atoms with E-state index in [4.69, 9.17) is 17.0 Å². The lowest BCUT2D eigenvalue weighted by molar-refractivity contribution is -0.115. The highest BCUT2D eigenvalue weighted by atomic mass is 32.1. The second-order valence-corrected chi connectivity index (χ2v) is 6.18. The first-order valence-electron chi connectivity index (χ1n) is 8.84. The lowest BCUT2D eigenvalue weighted by atomic mass is 10.2. The summed E-state index contributed by atoms with van der Waals surface area (Å²) >= 11 is 5.20. The van der Waals surface area contributed by atoms with Gasteiger partial charge in [0.2, 0.25) is 5.91 Å². The number of ether oxygens (including phenoxy) is 1. The van der Waals surface area contributed by atoms with Crippen molar-refractivity contribution in [3.63, 3.8) is 0 Å².